The highest BCUT2D eigenvalue weighted by molar-refractivity contribution is 5.99. The molecule has 3 aliphatic rings. The highest BCUT2D eigenvalue weighted by Gasteiger charge is 2.47. The second-order valence-electron chi connectivity index (χ2n) is 8.64. The van der Waals surface area contributed by atoms with Gasteiger partial charge in [-0.2, -0.15) is 0 Å². The van der Waals surface area contributed by atoms with Gasteiger partial charge in [-0.25, -0.2) is 8.78 Å². The van der Waals surface area contributed by atoms with Gasteiger partial charge in [-0.15, -0.1) is 0 Å². The number of halogens is 2. The van der Waals surface area contributed by atoms with Crippen molar-refractivity contribution in [3.63, 3.8) is 0 Å². The second-order valence-corrected chi connectivity index (χ2v) is 8.64. The zero-order valence-corrected chi connectivity index (χ0v) is 17.8. The summed E-state index contributed by atoms with van der Waals surface area (Å²) in [5, 5.41) is 2.47. The van der Waals surface area contributed by atoms with Crippen LogP contribution in [0.4, 0.5) is 8.78 Å². The second kappa shape index (κ2) is 7.63. The van der Waals surface area contributed by atoms with Gasteiger partial charge in [-0.1, -0.05) is 6.07 Å². The van der Waals surface area contributed by atoms with Crippen LogP contribution in [-0.4, -0.2) is 45.9 Å². The Kier molecular flexibility index (Phi) is 4.98. The highest BCUT2D eigenvalue weighted by Crippen LogP contribution is 2.37. The molecule has 2 atom stereocenters. The van der Waals surface area contributed by atoms with Crippen LogP contribution in [0.25, 0.3) is 0 Å². The molecule has 0 bridgehead atoms. The third-order valence-electron chi connectivity index (χ3n) is 6.09. The minimum atomic E-state index is -1.07. The smallest absolute Gasteiger partial charge is 0.276 e. The van der Waals surface area contributed by atoms with E-state index in [1.807, 2.05) is 6.92 Å². The predicted molar refractivity (Wildman–Crippen MR) is 110 cm³/mol. The van der Waals surface area contributed by atoms with E-state index in [0.717, 1.165) is 6.07 Å². The van der Waals surface area contributed by atoms with Gasteiger partial charge < -0.3 is 24.3 Å². The minimum Gasteiger partial charge on any atom is -0.466 e. The molecule has 174 valence electrons. The highest BCUT2D eigenvalue weighted by atomic mass is 19.1. The predicted octanol–water partition coefficient (Wildman–Crippen LogP) is 1.08. The number of rotatable bonds is 5. The van der Waals surface area contributed by atoms with Crippen LogP contribution in [0.15, 0.2) is 29.2 Å². The number of ether oxygens (including phenoxy) is 2. The van der Waals surface area contributed by atoms with Crippen molar-refractivity contribution in [1.29, 1.82) is 0 Å². The molecule has 5 rings (SSSR count). The summed E-state index contributed by atoms with van der Waals surface area (Å²) in [5.41, 5.74) is 4.00. The number of aromatic nitrogens is 1. The molecule has 3 N–H and O–H groups in total. The molecule has 9 nitrogen and oxygen atoms in total. The number of fused-ring (bicyclic) bond motifs is 2. The number of pyridine rings is 1. The summed E-state index contributed by atoms with van der Waals surface area (Å²) in [4.78, 5) is 40.9. The zero-order valence-electron chi connectivity index (χ0n) is 17.8. The van der Waals surface area contributed by atoms with E-state index in [1.54, 1.807) is 4.90 Å². The Hall–Kier alpha value is -3.31. The van der Waals surface area contributed by atoms with Gasteiger partial charge in [0.05, 0.1) is 19.2 Å². The molecule has 0 radical (unpaired) electrons. The molecule has 1 saturated carbocycles. The fourth-order valence-electron chi connectivity index (χ4n) is 4.08. The van der Waals surface area contributed by atoms with E-state index >= 15 is 0 Å². The largest absolute Gasteiger partial charge is 0.466 e. The first-order valence-electron chi connectivity index (χ1n) is 10.6. The van der Waals surface area contributed by atoms with Crippen LogP contribution < -0.4 is 21.2 Å². The molecular formula is C22H22F2N4O5. The molecule has 1 aromatic carbocycles. The maximum atomic E-state index is 13.9. The summed E-state index contributed by atoms with van der Waals surface area (Å²) in [7, 11) is 0. The van der Waals surface area contributed by atoms with Gasteiger partial charge in [-0.3, -0.25) is 20.1 Å². The third-order valence-corrected chi connectivity index (χ3v) is 6.09. The average Bonchev–Trinajstić information content (AvgIpc) is 3.37. The van der Waals surface area contributed by atoms with Crippen molar-refractivity contribution in [1.82, 2.24) is 14.8 Å². The molecule has 33 heavy (non-hydrogen) atoms. The third kappa shape index (κ3) is 3.76. The van der Waals surface area contributed by atoms with Crippen molar-refractivity contribution in [2.24, 2.45) is 5.73 Å². The lowest BCUT2D eigenvalue weighted by Gasteiger charge is -2.34. The molecule has 0 unspecified atom stereocenters. The summed E-state index contributed by atoms with van der Waals surface area (Å²) in [5.74, 6) is -3.07. The van der Waals surface area contributed by atoms with Gasteiger partial charge in [0.2, 0.25) is 5.43 Å². The van der Waals surface area contributed by atoms with Crippen LogP contribution in [0.3, 0.4) is 0 Å². The average molecular weight is 460 g/mol. The molecule has 1 aliphatic carbocycles. The lowest BCUT2D eigenvalue weighted by molar-refractivity contribution is 0.00569. The minimum absolute atomic E-state index is 0.0199. The Balaban J connectivity index is 1.51. The van der Waals surface area contributed by atoms with Crippen LogP contribution in [0.1, 0.15) is 46.2 Å². The monoisotopic (exact) mass is 460 g/mol. The maximum Gasteiger partial charge on any atom is 0.276 e. The van der Waals surface area contributed by atoms with Gasteiger partial charge in [0.25, 0.3) is 11.8 Å². The topological polar surface area (TPSA) is 116 Å². The van der Waals surface area contributed by atoms with E-state index in [-0.39, 0.29) is 41.7 Å². The van der Waals surface area contributed by atoms with Gasteiger partial charge in [-0.05, 0) is 13.0 Å². The fourth-order valence-corrected chi connectivity index (χ4v) is 4.08. The number of nitrogens with two attached hydrogens (primary N) is 1. The van der Waals surface area contributed by atoms with Gasteiger partial charge in [0.1, 0.15) is 17.2 Å². The molecule has 3 heterocycles. The lowest BCUT2D eigenvalue weighted by atomic mass is 10.1. The molecule has 0 spiro atoms. The van der Waals surface area contributed by atoms with E-state index < -0.39 is 40.8 Å². The maximum absolute atomic E-state index is 13.9. The standard InChI is InChI=1S/C22H22F2N4O5/c1-11-10-32-16-9-27-8-14(20(30)26-7-12-2-3-13(23)6-15(12)24)18(29)19(33-22(25)4-5-22)17(27)21(31)28(11)16/h2-3,6,8,11,16H,4-5,7,9-10,25H2,1H3,(H,26,30)/t11-,16+/m1/s1. The number of nitrogens with one attached hydrogen (secondary N) is 1. The summed E-state index contributed by atoms with van der Waals surface area (Å²) in [6.45, 7) is 2.13. The molecule has 11 heteroatoms. The Bertz CT molecular complexity index is 1230. The Labute approximate surface area is 187 Å². The Morgan fingerprint density at radius 1 is 1.33 bits per heavy atom. The number of hydrogen-bond acceptors (Lipinski definition) is 6. The van der Waals surface area contributed by atoms with E-state index in [0.29, 0.717) is 25.5 Å². The van der Waals surface area contributed by atoms with Crippen molar-refractivity contribution in [2.45, 2.75) is 50.8 Å². The van der Waals surface area contributed by atoms with E-state index in [2.05, 4.69) is 5.32 Å². The number of carbonyl (C=O) groups is 2. The fraction of sp³-hybridized carbons (Fsp3) is 0.409. The molecule has 2 amide bonds. The number of benzene rings is 1. The van der Waals surface area contributed by atoms with Crippen LogP contribution >= 0.6 is 0 Å². The Morgan fingerprint density at radius 3 is 2.79 bits per heavy atom. The quantitative estimate of drug-likeness (QED) is 0.646. The normalized spacial score (nSPS) is 22.5. The number of amides is 2. The van der Waals surface area contributed by atoms with Crippen molar-refractivity contribution in [3.05, 3.63) is 63.1 Å². The Morgan fingerprint density at radius 2 is 2.09 bits per heavy atom. The summed E-state index contributed by atoms with van der Waals surface area (Å²) in [6.07, 6.45) is 1.75. The van der Waals surface area contributed by atoms with Gasteiger partial charge in [0.15, 0.2) is 23.4 Å². The SMILES string of the molecule is C[C@@H]1CO[C@H]2Cn3cc(C(=O)NCc4ccc(F)cc4F)c(=O)c(OC4(N)CC4)c3C(=O)N12. The first-order chi connectivity index (χ1) is 15.7. The molecular weight excluding hydrogens is 438 g/mol. The van der Waals surface area contributed by atoms with Crippen LogP contribution in [0, 0.1) is 11.6 Å². The number of carbonyl (C=O) groups excluding carboxylic acids is 2. The lowest BCUT2D eigenvalue weighted by Crippen LogP contribution is -2.50. The number of hydrogen-bond donors (Lipinski definition) is 2. The summed E-state index contributed by atoms with van der Waals surface area (Å²) >= 11 is 0. The van der Waals surface area contributed by atoms with E-state index in [9.17, 15) is 23.2 Å². The van der Waals surface area contributed by atoms with Crippen molar-refractivity contribution < 1.29 is 27.8 Å². The van der Waals surface area contributed by atoms with Gasteiger partial charge in [0, 0.05) is 37.2 Å². The molecule has 2 aromatic rings. The molecule has 2 aliphatic heterocycles. The first kappa shape index (κ1) is 21.5. The van der Waals surface area contributed by atoms with Crippen molar-refractivity contribution in [3.8, 4) is 5.75 Å². The zero-order chi connectivity index (χ0) is 23.5. The van der Waals surface area contributed by atoms with E-state index in [4.69, 9.17) is 15.2 Å². The number of nitrogens with zero attached hydrogens (tertiary/aromatic N) is 2. The summed E-state index contributed by atoms with van der Waals surface area (Å²) < 4.78 is 39.9. The molecule has 1 saturated heterocycles. The van der Waals surface area contributed by atoms with Crippen LogP contribution in [0.2, 0.25) is 0 Å². The van der Waals surface area contributed by atoms with Crippen LogP contribution in [0.5, 0.6) is 5.75 Å². The van der Waals surface area contributed by atoms with E-state index in [1.165, 1.54) is 16.8 Å². The van der Waals surface area contributed by atoms with Crippen molar-refractivity contribution in [2.75, 3.05) is 6.61 Å². The summed E-state index contributed by atoms with van der Waals surface area (Å²) in [6, 6.07) is 2.80. The van der Waals surface area contributed by atoms with Crippen LogP contribution in [-0.2, 0) is 17.8 Å². The molecule has 2 fully saturated rings. The first-order valence-corrected chi connectivity index (χ1v) is 10.6. The molecule has 1 aromatic heterocycles. The van der Waals surface area contributed by atoms with Crippen molar-refractivity contribution >= 4 is 11.8 Å². The van der Waals surface area contributed by atoms with Gasteiger partial charge >= 0.3 is 0 Å².